The van der Waals surface area contributed by atoms with E-state index in [-0.39, 0.29) is 5.91 Å². The van der Waals surface area contributed by atoms with Gasteiger partial charge in [0.25, 0.3) is 5.91 Å². The number of rotatable bonds is 7. The van der Waals surface area contributed by atoms with E-state index in [0.29, 0.717) is 28.3 Å². The van der Waals surface area contributed by atoms with Crippen molar-refractivity contribution in [3.05, 3.63) is 87.0 Å². The maximum Gasteiger partial charge on any atom is 0.253 e. The quantitative estimate of drug-likeness (QED) is 0.194. The third kappa shape index (κ3) is 5.49. The Balaban J connectivity index is 1.09. The summed E-state index contributed by atoms with van der Waals surface area (Å²) < 4.78 is 1.11. The second-order valence-electron chi connectivity index (χ2n) is 10.1. The lowest BCUT2D eigenvalue weighted by Gasteiger charge is -2.36. The Bertz CT molecular complexity index is 1710. The molecule has 0 atom stereocenters. The number of carbonyl (C=O) groups is 1. The van der Waals surface area contributed by atoms with Crippen molar-refractivity contribution < 1.29 is 4.79 Å². The van der Waals surface area contributed by atoms with Gasteiger partial charge in [-0.3, -0.25) is 4.79 Å². The largest absolute Gasteiger partial charge is 0.375 e. The number of aryl methyl sites for hydroxylation is 1. The number of aromatic nitrogens is 2. The van der Waals surface area contributed by atoms with E-state index in [0.717, 1.165) is 70.7 Å². The SMILES string of the molecule is Cc1[nH]c2ccc(C(=O)N3CCN(c4ccc(Cl)cc4Cl)CC3)cc2c1CCNCc1ccc2sc(N)nc2c1. The third-order valence-electron chi connectivity index (χ3n) is 7.53. The molecule has 206 valence electrons. The summed E-state index contributed by atoms with van der Waals surface area (Å²) in [4.78, 5) is 25.5. The monoisotopic (exact) mass is 592 g/mol. The summed E-state index contributed by atoms with van der Waals surface area (Å²) in [5.74, 6) is 0.0600. The molecule has 0 radical (unpaired) electrons. The molecule has 10 heteroatoms. The van der Waals surface area contributed by atoms with Crippen LogP contribution < -0.4 is 16.0 Å². The highest BCUT2D eigenvalue weighted by Crippen LogP contribution is 2.30. The zero-order valence-electron chi connectivity index (χ0n) is 22.1. The van der Waals surface area contributed by atoms with Crippen molar-refractivity contribution in [2.45, 2.75) is 19.9 Å². The lowest BCUT2D eigenvalue weighted by Crippen LogP contribution is -2.48. The number of hydrogen-bond acceptors (Lipinski definition) is 6. The smallest absolute Gasteiger partial charge is 0.253 e. The van der Waals surface area contributed by atoms with Crippen molar-refractivity contribution in [3.63, 3.8) is 0 Å². The number of nitrogens with one attached hydrogen (secondary N) is 2. The van der Waals surface area contributed by atoms with Gasteiger partial charge in [-0.05, 0) is 79.5 Å². The molecule has 0 saturated carbocycles. The minimum Gasteiger partial charge on any atom is -0.375 e. The van der Waals surface area contributed by atoms with Crippen molar-refractivity contribution in [3.8, 4) is 0 Å². The molecule has 4 N–H and O–H groups in total. The van der Waals surface area contributed by atoms with Gasteiger partial charge in [-0.15, -0.1) is 0 Å². The number of benzene rings is 3. The van der Waals surface area contributed by atoms with Gasteiger partial charge in [0.1, 0.15) is 0 Å². The predicted molar refractivity (Wildman–Crippen MR) is 167 cm³/mol. The highest BCUT2D eigenvalue weighted by Gasteiger charge is 2.24. The fourth-order valence-electron chi connectivity index (χ4n) is 5.46. The molecule has 40 heavy (non-hydrogen) atoms. The topological polar surface area (TPSA) is 90.3 Å². The molecule has 0 unspecified atom stereocenters. The number of nitrogens with two attached hydrogens (primary N) is 1. The second-order valence-corrected chi connectivity index (χ2v) is 12.1. The number of nitrogen functional groups attached to an aromatic ring is 1. The van der Waals surface area contributed by atoms with Gasteiger partial charge in [0.15, 0.2) is 5.13 Å². The molecule has 0 bridgehead atoms. The summed E-state index contributed by atoms with van der Waals surface area (Å²) in [5, 5.41) is 6.50. The number of amides is 1. The molecule has 6 rings (SSSR count). The Morgan fingerprint density at radius 2 is 1.90 bits per heavy atom. The molecule has 1 aliphatic heterocycles. The molecule has 1 amide bonds. The van der Waals surface area contributed by atoms with Crippen LogP contribution >= 0.6 is 34.5 Å². The van der Waals surface area contributed by atoms with E-state index < -0.39 is 0 Å². The van der Waals surface area contributed by atoms with E-state index >= 15 is 0 Å². The third-order valence-corrected chi connectivity index (χ3v) is 8.94. The minimum atomic E-state index is 0.0600. The van der Waals surface area contributed by atoms with Crippen LogP contribution in [0.25, 0.3) is 21.1 Å². The Morgan fingerprint density at radius 1 is 1.07 bits per heavy atom. The van der Waals surface area contributed by atoms with Gasteiger partial charge in [-0.25, -0.2) is 4.98 Å². The number of aromatic amines is 1. The Hall–Kier alpha value is -3.30. The first-order chi connectivity index (χ1) is 19.4. The molecule has 3 aromatic carbocycles. The van der Waals surface area contributed by atoms with E-state index in [4.69, 9.17) is 28.9 Å². The molecular formula is C30H30Cl2N6OS. The summed E-state index contributed by atoms with van der Waals surface area (Å²) in [6, 6.07) is 17.8. The molecule has 5 aromatic rings. The number of halogens is 2. The van der Waals surface area contributed by atoms with E-state index in [1.807, 2.05) is 35.2 Å². The number of thiazole rings is 1. The number of hydrogen-bond donors (Lipinski definition) is 3. The predicted octanol–water partition coefficient (Wildman–Crippen LogP) is 6.27. The normalized spacial score (nSPS) is 14.0. The molecule has 0 aliphatic carbocycles. The fraction of sp³-hybridized carbons (Fsp3) is 0.267. The van der Waals surface area contributed by atoms with Crippen molar-refractivity contribution in [2.75, 3.05) is 43.4 Å². The van der Waals surface area contributed by atoms with Crippen molar-refractivity contribution in [1.29, 1.82) is 0 Å². The number of piperazine rings is 1. The minimum absolute atomic E-state index is 0.0600. The van der Waals surface area contributed by atoms with Crippen LogP contribution in [0.4, 0.5) is 10.8 Å². The van der Waals surface area contributed by atoms with E-state index in [2.05, 4.69) is 45.3 Å². The summed E-state index contributed by atoms with van der Waals surface area (Å²) in [5.41, 5.74) is 13.1. The van der Waals surface area contributed by atoms with Gasteiger partial charge in [0.2, 0.25) is 0 Å². The lowest BCUT2D eigenvalue weighted by molar-refractivity contribution is 0.0747. The van der Waals surface area contributed by atoms with Gasteiger partial charge in [0, 0.05) is 59.9 Å². The average molecular weight is 594 g/mol. The lowest BCUT2D eigenvalue weighted by atomic mass is 10.0. The first-order valence-electron chi connectivity index (χ1n) is 13.3. The highest BCUT2D eigenvalue weighted by atomic mass is 35.5. The van der Waals surface area contributed by atoms with Gasteiger partial charge in [-0.1, -0.05) is 40.6 Å². The number of fused-ring (bicyclic) bond motifs is 2. The molecule has 2 aromatic heterocycles. The maximum atomic E-state index is 13.5. The molecule has 1 saturated heterocycles. The Kier molecular flexibility index (Phi) is 7.59. The van der Waals surface area contributed by atoms with E-state index in [9.17, 15) is 4.79 Å². The summed E-state index contributed by atoms with van der Waals surface area (Å²) >= 11 is 14.0. The Morgan fingerprint density at radius 3 is 2.70 bits per heavy atom. The van der Waals surface area contributed by atoms with Crippen LogP contribution in [0.15, 0.2) is 54.6 Å². The van der Waals surface area contributed by atoms with E-state index in [1.54, 1.807) is 6.07 Å². The van der Waals surface area contributed by atoms with Crippen LogP contribution in [0.3, 0.4) is 0 Å². The number of nitrogens with zero attached hydrogens (tertiary/aromatic N) is 3. The Labute approximate surface area is 246 Å². The zero-order chi connectivity index (χ0) is 27.8. The van der Waals surface area contributed by atoms with Crippen molar-refractivity contribution in [1.82, 2.24) is 20.2 Å². The average Bonchev–Trinajstić information content (AvgIpc) is 3.47. The van der Waals surface area contributed by atoms with Gasteiger partial charge in [-0.2, -0.15) is 0 Å². The van der Waals surface area contributed by atoms with Gasteiger partial charge in [0.05, 0.1) is 20.9 Å². The highest BCUT2D eigenvalue weighted by molar-refractivity contribution is 7.22. The van der Waals surface area contributed by atoms with Crippen LogP contribution in [0.5, 0.6) is 0 Å². The molecule has 1 aliphatic rings. The van der Waals surface area contributed by atoms with Crippen LogP contribution in [0, 0.1) is 6.92 Å². The first-order valence-corrected chi connectivity index (χ1v) is 14.9. The molecule has 7 nitrogen and oxygen atoms in total. The zero-order valence-corrected chi connectivity index (χ0v) is 24.5. The second kappa shape index (κ2) is 11.3. The molecular weight excluding hydrogens is 563 g/mol. The van der Waals surface area contributed by atoms with Gasteiger partial charge < -0.3 is 25.8 Å². The maximum absolute atomic E-state index is 13.5. The van der Waals surface area contributed by atoms with Crippen LogP contribution in [-0.4, -0.2) is 53.5 Å². The number of carbonyl (C=O) groups excluding carboxylic acids is 1. The van der Waals surface area contributed by atoms with Crippen LogP contribution in [0.2, 0.25) is 10.0 Å². The van der Waals surface area contributed by atoms with Crippen molar-refractivity contribution >= 4 is 72.4 Å². The number of anilines is 2. The standard InChI is InChI=1S/C30H30Cl2N6OS/c1-18-22(8-9-34-17-19-2-7-28-26(14-19)36-30(33)40-28)23-15-20(3-5-25(23)35-18)29(39)38-12-10-37(11-13-38)27-6-4-21(31)16-24(27)32/h2-7,14-16,34-35H,8-13,17H2,1H3,(H2,33,36). The molecule has 0 spiro atoms. The molecule has 1 fully saturated rings. The number of H-pyrrole nitrogens is 1. The van der Waals surface area contributed by atoms with Gasteiger partial charge >= 0.3 is 0 Å². The molecule has 3 heterocycles. The van der Waals surface area contributed by atoms with Crippen LogP contribution in [0.1, 0.15) is 27.2 Å². The fourth-order valence-corrected chi connectivity index (χ4v) is 6.70. The summed E-state index contributed by atoms with van der Waals surface area (Å²) in [7, 11) is 0. The summed E-state index contributed by atoms with van der Waals surface area (Å²) in [6.07, 6.45) is 0.857. The van der Waals surface area contributed by atoms with Crippen LogP contribution in [-0.2, 0) is 13.0 Å². The van der Waals surface area contributed by atoms with Crippen molar-refractivity contribution in [2.24, 2.45) is 0 Å². The summed E-state index contributed by atoms with van der Waals surface area (Å²) in [6.45, 7) is 6.38. The first kappa shape index (κ1) is 26.9. The van der Waals surface area contributed by atoms with E-state index in [1.165, 1.54) is 22.5 Å².